The van der Waals surface area contributed by atoms with Crippen molar-refractivity contribution >= 4 is 29.1 Å². The minimum Gasteiger partial charge on any atom is -0.506 e. The van der Waals surface area contributed by atoms with Gasteiger partial charge in [-0.25, -0.2) is 4.79 Å². The maximum absolute atomic E-state index is 13.2. The van der Waals surface area contributed by atoms with Gasteiger partial charge in [-0.3, -0.25) is 4.79 Å². The van der Waals surface area contributed by atoms with Gasteiger partial charge in [0.05, 0.1) is 23.4 Å². The zero-order valence-electron chi connectivity index (χ0n) is 14.7. The Morgan fingerprint density at radius 1 is 1.19 bits per heavy atom. The van der Waals surface area contributed by atoms with Crippen LogP contribution in [0.2, 0.25) is 5.02 Å². The van der Waals surface area contributed by atoms with Crippen LogP contribution in [0, 0.1) is 0 Å². The topological polar surface area (TPSA) is 75.6 Å². The molecule has 1 aliphatic heterocycles. The number of methoxy groups -OCH3 is 1. The van der Waals surface area contributed by atoms with Crippen LogP contribution in [0.3, 0.4) is 0 Å². The molecule has 1 aliphatic carbocycles. The zero-order chi connectivity index (χ0) is 19.3. The van der Waals surface area contributed by atoms with Gasteiger partial charge >= 0.3 is 5.97 Å². The van der Waals surface area contributed by atoms with Crippen LogP contribution in [-0.4, -0.2) is 24.0 Å². The molecule has 0 saturated heterocycles. The monoisotopic (exact) mass is 381 g/mol. The first kappa shape index (κ1) is 17.4. The molecule has 6 heteroatoms. The maximum Gasteiger partial charge on any atom is 0.336 e. The molecule has 0 amide bonds. The lowest BCUT2D eigenvalue weighted by atomic mass is 9.80. The van der Waals surface area contributed by atoms with Gasteiger partial charge in [0.1, 0.15) is 5.75 Å². The second-order valence-corrected chi connectivity index (χ2v) is 6.87. The first-order chi connectivity index (χ1) is 12.9. The molecule has 1 atom stereocenters. The SMILES string of the molecule is COC(=O)C1=C(C)NC2=C(C(=O)c3ccccc32)[C@@H]1c1ccc(O)c(Cl)c1. The van der Waals surface area contributed by atoms with Gasteiger partial charge in [-0.05, 0) is 24.6 Å². The number of dihydropyridines is 1. The van der Waals surface area contributed by atoms with Crippen LogP contribution < -0.4 is 5.32 Å². The number of rotatable bonds is 2. The van der Waals surface area contributed by atoms with E-state index in [4.69, 9.17) is 16.3 Å². The fraction of sp³-hybridized carbons (Fsp3) is 0.143. The molecule has 27 heavy (non-hydrogen) atoms. The Morgan fingerprint density at radius 2 is 1.89 bits per heavy atom. The Labute approximate surface area is 160 Å². The number of phenolic OH excluding ortho intramolecular Hbond substituents is 1. The van der Waals surface area contributed by atoms with E-state index in [1.807, 2.05) is 18.2 Å². The predicted molar refractivity (Wildman–Crippen MR) is 101 cm³/mol. The van der Waals surface area contributed by atoms with Crippen molar-refractivity contribution in [3.63, 3.8) is 0 Å². The highest BCUT2D eigenvalue weighted by Crippen LogP contribution is 2.47. The van der Waals surface area contributed by atoms with Gasteiger partial charge in [0.25, 0.3) is 0 Å². The van der Waals surface area contributed by atoms with Gasteiger partial charge in [0.2, 0.25) is 0 Å². The van der Waals surface area contributed by atoms with Gasteiger partial charge in [-0.15, -0.1) is 0 Å². The summed E-state index contributed by atoms with van der Waals surface area (Å²) >= 11 is 6.10. The molecule has 0 fully saturated rings. The van der Waals surface area contributed by atoms with Crippen molar-refractivity contribution in [3.8, 4) is 5.75 Å². The van der Waals surface area contributed by atoms with E-state index in [0.717, 1.165) is 5.56 Å². The summed E-state index contributed by atoms with van der Waals surface area (Å²) in [4.78, 5) is 25.7. The van der Waals surface area contributed by atoms with E-state index in [-0.39, 0.29) is 16.6 Å². The Morgan fingerprint density at radius 3 is 2.56 bits per heavy atom. The number of allylic oxidation sites excluding steroid dienone is 2. The normalized spacial score (nSPS) is 18.2. The number of nitrogens with one attached hydrogen (secondary N) is 1. The van der Waals surface area contributed by atoms with Gasteiger partial charge in [0, 0.05) is 28.3 Å². The number of halogens is 1. The Bertz CT molecular complexity index is 1070. The third-order valence-corrected chi connectivity index (χ3v) is 5.26. The molecule has 2 aliphatic rings. The highest BCUT2D eigenvalue weighted by atomic mass is 35.5. The lowest BCUT2D eigenvalue weighted by Crippen LogP contribution is -2.29. The number of fused-ring (bicyclic) bond motifs is 2. The van der Waals surface area contributed by atoms with E-state index in [1.165, 1.54) is 13.2 Å². The molecule has 4 rings (SSSR count). The van der Waals surface area contributed by atoms with Crippen LogP contribution in [0.1, 0.15) is 34.3 Å². The van der Waals surface area contributed by atoms with Crippen molar-refractivity contribution in [1.82, 2.24) is 5.32 Å². The summed E-state index contributed by atoms with van der Waals surface area (Å²) in [5.74, 6) is -1.38. The molecule has 136 valence electrons. The summed E-state index contributed by atoms with van der Waals surface area (Å²) in [7, 11) is 1.30. The predicted octanol–water partition coefficient (Wildman–Crippen LogP) is 3.79. The summed E-state index contributed by atoms with van der Waals surface area (Å²) < 4.78 is 4.97. The summed E-state index contributed by atoms with van der Waals surface area (Å²) in [5.41, 5.74) is 4.14. The van der Waals surface area contributed by atoms with Crippen molar-refractivity contribution in [2.24, 2.45) is 0 Å². The van der Waals surface area contributed by atoms with Crippen LogP contribution in [0.4, 0.5) is 0 Å². The van der Waals surface area contributed by atoms with E-state index < -0.39 is 11.9 Å². The molecule has 0 spiro atoms. The number of phenols is 1. The summed E-state index contributed by atoms with van der Waals surface area (Å²) in [6.07, 6.45) is 0. The lowest BCUT2D eigenvalue weighted by molar-refractivity contribution is -0.136. The van der Waals surface area contributed by atoms with E-state index in [1.54, 1.807) is 25.1 Å². The molecule has 0 radical (unpaired) electrons. The molecule has 5 nitrogen and oxygen atoms in total. The fourth-order valence-electron chi connectivity index (χ4n) is 3.75. The number of Topliss-reactive ketones (excluding diaryl/α,β-unsaturated/α-hetero) is 1. The van der Waals surface area contributed by atoms with Crippen molar-refractivity contribution in [2.75, 3.05) is 7.11 Å². The van der Waals surface area contributed by atoms with E-state index in [9.17, 15) is 14.7 Å². The second kappa shape index (κ2) is 6.28. The number of ether oxygens (including phenoxy) is 1. The third kappa shape index (κ3) is 2.54. The molecule has 2 aromatic carbocycles. The molecular weight excluding hydrogens is 366 g/mol. The molecule has 2 aromatic rings. The van der Waals surface area contributed by atoms with E-state index in [2.05, 4.69) is 5.32 Å². The molecule has 1 heterocycles. The van der Waals surface area contributed by atoms with Gasteiger partial charge in [-0.1, -0.05) is 41.9 Å². The average Bonchev–Trinajstić information content (AvgIpc) is 2.95. The number of carbonyl (C=O) groups is 2. The Balaban J connectivity index is 1.97. The van der Waals surface area contributed by atoms with E-state index in [0.29, 0.717) is 33.7 Å². The van der Waals surface area contributed by atoms with Crippen molar-refractivity contribution in [1.29, 1.82) is 0 Å². The quantitative estimate of drug-likeness (QED) is 0.774. The van der Waals surface area contributed by atoms with Crippen molar-refractivity contribution < 1.29 is 19.4 Å². The van der Waals surface area contributed by atoms with Crippen LogP contribution in [0.5, 0.6) is 5.75 Å². The fourth-order valence-corrected chi connectivity index (χ4v) is 3.93. The number of hydrogen-bond acceptors (Lipinski definition) is 5. The van der Waals surface area contributed by atoms with E-state index >= 15 is 0 Å². The summed E-state index contributed by atoms with van der Waals surface area (Å²) in [6.45, 7) is 1.77. The highest BCUT2D eigenvalue weighted by Gasteiger charge is 2.42. The first-order valence-electron chi connectivity index (χ1n) is 8.36. The molecule has 2 N–H and O–H groups in total. The maximum atomic E-state index is 13.2. The minimum absolute atomic E-state index is 0.0649. The van der Waals surface area contributed by atoms with Gasteiger partial charge in [-0.2, -0.15) is 0 Å². The molecule has 0 aromatic heterocycles. The average molecular weight is 382 g/mol. The van der Waals surface area contributed by atoms with Crippen LogP contribution in [0.15, 0.2) is 59.3 Å². The number of hydrogen-bond donors (Lipinski definition) is 2. The minimum atomic E-state index is -0.647. The van der Waals surface area contributed by atoms with Crippen LogP contribution in [0.25, 0.3) is 5.70 Å². The molecule has 0 saturated carbocycles. The van der Waals surface area contributed by atoms with Gasteiger partial charge < -0.3 is 15.2 Å². The van der Waals surface area contributed by atoms with Crippen molar-refractivity contribution in [3.05, 3.63) is 81.0 Å². The zero-order valence-corrected chi connectivity index (χ0v) is 15.4. The number of carbonyl (C=O) groups excluding carboxylic acids is 2. The molecule has 0 unspecified atom stereocenters. The number of aromatic hydroxyl groups is 1. The first-order valence-corrected chi connectivity index (χ1v) is 8.74. The summed E-state index contributed by atoms with van der Waals surface area (Å²) in [6, 6.07) is 12.0. The number of benzene rings is 2. The van der Waals surface area contributed by atoms with Crippen molar-refractivity contribution in [2.45, 2.75) is 12.8 Å². The second-order valence-electron chi connectivity index (χ2n) is 6.46. The highest BCUT2D eigenvalue weighted by molar-refractivity contribution is 6.32. The Hall–Kier alpha value is -3.05. The standard InChI is InChI=1S/C21H16ClNO4/c1-10-16(21(26)27-2)17(11-7-8-15(24)14(22)9-11)18-19(23-10)12-5-3-4-6-13(12)20(18)25/h3-9,17,23-24H,1-2H3/t17-/m1/s1. The van der Waals surface area contributed by atoms with Crippen LogP contribution >= 0.6 is 11.6 Å². The largest absolute Gasteiger partial charge is 0.506 e. The smallest absolute Gasteiger partial charge is 0.336 e. The summed E-state index contributed by atoms with van der Waals surface area (Å²) in [5, 5.41) is 13.1. The lowest BCUT2D eigenvalue weighted by Gasteiger charge is -2.29. The van der Waals surface area contributed by atoms with Crippen LogP contribution in [-0.2, 0) is 9.53 Å². The van der Waals surface area contributed by atoms with Gasteiger partial charge in [0.15, 0.2) is 5.78 Å². The number of esters is 1. The molecular formula is C21H16ClNO4. The molecule has 0 bridgehead atoms. The Kier molecular flexibility index (Phi) is 4.04. The number of ketones is 1. The third-order valence-electron chi connectivity index (χ3n) is 4.96.